The highest BCUT2D eigenvalue weighted by molar-refractivity contribution is 7.10. The molecule has 12 aromatic heterocycles. The van der Waals surface area contributed by atoms with Crippen LogP contribution in [0.1, 0.15) is 133 Å². The van der Waals surface area contributed by atoms with Crippen molar-refractivity contribution in [2.45, 2.75) is 35.1 Å². The zero-order valence-corrected chi connectivity index (χ0v) is 62.3. The summed E-state index contributed by atoms with van der Waals surface area (Å²) in [5, 5.41) is 14.0. The number of nitrogens with one attached hydrogen (secondary N) is 4. The van der Waals surface area contributed by atoms with E-state index < -0.39 is 0 Å². The molecule has 109 heavy (non-hydrogen) atoms. The molecule has 0 aliphatic carbocycles. The van der Waals surface area contributed by atoms with E-state index in [1.807, 2.05) is 131 Å². The zero-order chi connectivity index (χ0) is 76.9. The molecule has 0 unspecified atom stereocenters. The van der Waals surface area contributed by atoms with Crippen LogP contribution < -0.4 is 0 Å². The maximum atomic E-state index is 12.3. The Hall–Kier alpha value is -13.4. The van der Waals surface area contributed by atoms with Gasteiger partial charge in [-0.15, -0.1) is 45.3 Å². The highest BCUT2D eigenvalue weighted by Gasteiger charge is 2.19. The van der Waals surface area contributed by atoms with Crippen molar-refractivity contribution in [3.63, 3.8) is 0 Å². The molecule has 0 spiro atoms. The Kier molecular flexibility index (Phi) is 30.4. The summed E-state index contributed by atoms with van der Waals surface area (Å²) >= 11 is 5.74. The number of hydrogen-bond acceptors (Lipinski definition) is 25. The number of hydrogen-bond donors (Lipinski definition) is 4. The van der Waals surface area contributed by atoms with Crippen molar-refractivity contribution in [2.24, 2.45) is 0 Å². The Bertz CT molecular complexity index is 4980. The minimum atomic E-state index is -0.371. The molecule has 0 radical (unpaired) electrons. The lowest BCUT2D eigenvalue weighted by Crippen LogP contribution is -2.03. The number of esters is 4. The van der Waals surface area contributed by atoms with Crippen LogP contribution in [-0.2, 0) is 18.9 Å². The predicted molar refractivity (Wildman–Crippen MR) is 421 cm³/mol. The molecule has 0 aliphatic rings. The van der Waals surface area contributed by atoms with E-state index in [2.05, 4.69) is 83.7 Å². The standard InChI is InChI=1S/3C14H10N2O.C13H9N3O.4C6H7NO2S.CH4/c17-14(10-4-3-7-15-8-10)12-9-16-13-6-2-1-5-11(12)13;17-14(13-7-3-4-8-15-13)11-9-16-12-6-2-1-5-10(11)12;17-14(10-5-7-15-8-6-10)12-9-16-13-4-2-1-3-11(12)13;17-13(12-8-14-5-6-15-12)10-7-16-11-4-2-1-3-9(10)11;4*1-4-7-5(3-10-4)6(8)9-2;/h3*1-9,16H;1-8,16H;4*3H,1-2H3;1H4. The molecule has 0 atom stereocenters. The molecule has 4 N–H and O–H groups in total. The number of benzene rings is 4. The summed E-state index contributed by atoms with van der Waals surface area (Å²) in [6.07, 6.45) is 19.6. The second-order valence-electron chi connectivity index (χ2n) is 22.1. The number of para-hydroxylation sites is 4. The average Bonchev–Trinajstić information content (AvgIpc) is 1.59. The molecule has 4 aromatic carbocycles. The van der Waals surface area contributed by atoms with Gasteiger partial charge in [-0.3, -0.25) is 39.1 Å². The number of H-pyrrole nitrogens is 4. The van der Waals surface area contributed by atoms with Gasteiger partial charge in [0.15, 0.2) is 34.3 Å². The fourth-order valence-electron chi connectivity index (χ4n) is 9.79. The van der Waals surface area contributed by atoms with Gasteiger partial charge in [-0.2, -0.15) is 0 Å². The van der Waals surface area contributed by atoms with Gasteiger partial charge < -0.3 is 38.9 Å². The van der Waals surface area contributed by atoms with E-state index in [0.29, 0.717) is 67.5 Å². The van der Waals surface area contributed by atoms with Crippen LogP contribution in [0.15, 0.2) is 235 Å². The molecule has 12 heterocycles. The third-order valence-corrected chi connectivity index (χ3v) is 18.0. The van der Waals surface area contributed by atoms with Crippen LogP contribution in [0.3, 0.4) is 0 Å². The molecule has 16 rings (SSSR count). The fourth-order valence-corrected chi connectivity index (χ4v) is 12.1. The van der Waals surface area contributed by atoms with E-state index in [1.165, 1.54) is 86.2 Å². The number of aryl methyl sites for hydroxylation is 4. The molecule has 0 saturated heterocycles. The Labute approximate surface area is 640 Å². The number of ketones is 4. The molecule has 0 bridgehead atoms. The lowest BCUT2D eigenvalue weighted by Gasteiger charge is -1.98. The van der Waals surface area contributed by atoms with E-state index in [4.69, 9.17) is 0 Å². The Morgan fingerprint density at radius 1 is 0.303 bits per heavy atom. The number of thiazole rings is 4. The fraction of sp³-hybridized carbons (Fsp3) is 0.113. The second-order valence-corrected chi connectivity index (χ2v) is 26.3. The number of aromatic amines is 4. The highest BCUT2D eigenvalue weighted by Crippen LogP contribution is 2.25. The largest absolute Gasteiger partial charge is 0.464 e. The van der Waals surface area contributed by atoms with E-state index in [-0.39, 0.29) is 54.4 Å². The summed E-state index contributed by atoms with van der Waals surface area (Å²) in [6, 6.07) is 43.3. The Morgan fingerprint density at radius 2 is 0.633 bits per heavy atom. The summed E-state index contributed by atoms with van der Waals surface area (Å²) in [6.45, 7) is 7.38. The molecule has 0 amide bonds. The van der Waals surface area contributed by atoms with Gasteiger partial charge in [-0.1, -0.05) is 86.3 Å². The highest BCUT2D eigenvalue weighted by atomic mass is 32.1. The minimum absolute atomic E-state index is 0. The smallest absolute Gasteiger partial charge is 0.357 e. The summed E-state index contributed by atoms with van der Waals surface area (Å²) in [5.74, 6) is -1.64. The van der Waals surface area contributed by atoms with Crippen molar-refractivity contribution in [1.29, 1.82) is 0 Å². The number of ether oxygens (including phenoxy) is 4. The first-order valence-electron chi connectivity index (χ1n) is 32.3. The van der Waals surface area contributed by atoms with Crippen LogP contribution in [0.5, 0.6) is 0 Å². The van der Waals surface area contributed by atoms with Crippen LogP contribution >= 0.6 is 45.3 Å². The van der Waals surface area contributed by atoms with E-state index >= 15 is 0 Å². The summed E-state index contributed by atoms with van der Waals surface area (Å²) in [4.78, 5) is 140. The molecule has 29 heteroatoms. The lowest BCUT2D eigenvalue weighted by atomic mass is 10.0. The number of carbonyl (C=O) groups is 8. The van der Waals surface area contributed by atoms with Crippen molar-refractivity contribution < 1.29 is 57.3 Å². The zero-order valence-electron chi connectivity index (χ0n) is 59.1. The number of carbonyl (C=O) groups excluding carboxylic acids is 8. The first-order valence-corrected chi connectivity index (χ1v) is 35.8. The molecule has 0 aliphatic heterocycles. The van der Waals surface area contributed by atoms with Gasteiger partial charge in [-0.05, 0) is 88.4 Å². The molecule has 16 aromatic rings. The van der Waals surface area contributed by atoms with Crippen LogP contribution in [0.2, 0.25) is 0 Å². The number of rotatable bonds is 12. The maximum absolute atomic E-state index is 12.3. The molecule has 0 fully saturated rings. The molecular weight excluding hydrogens is 1460 g/mol. The second kappa shape index (κ2) is 40.8. The summed E-state index contributed by atoms with van der Waals surface area (Å²) in [7, 11) is 5.38. The topological polar surface area (TPSA) is 353 Å². The minimum Gasteiger partial charge on any atom is -0.464 e. The number of aromatic nitrogens is 13. The van der Waals surface area contributed by atoms with E-state index in [0.717, 1.165) is 63.6 Å². The summed E-state index contributed by atoms with van der Waals surface area (Å²) in [5.41, 5.74) is 10.2. The van der Waals surface area contributed by atoms with Gasteiger partial charge >= 0.3 is 23.9 Å². The molecule has 0 saturated carbocycles. The van der Waals surface area contributed by atoms with E-state index in [1.54, 1.807) is 120 Å². The quantitative estimate of drug-likeness (QED) is 0.0501. The van der Waals surface area contributed by atoms with Crippen molar-refractivity contribution in [1.82, 2.24) is 64.8 Å². The first kappa shape index (κ1) is 81.3. The maximum Gasteiger partial charge on any atom is 0.357 e. The number of fused-ring (bicyclic) bond motifs is 4. The summed E-state index contributed by atoms with van der Waals surface area (Å²) < 4.78 is 17.8. The van der Waals surface area contributed by atoms with Gasteiger partial charge in [0, 0.05) is 167 Å². The van der Waals surface area contributed by atoms with Gasteiger partial charge in [0.05, 0.1) is 54.7 Å². The van der Waals surface area contributed by atoms with Gasteiger partial charge in [0.1, 0.15) is 11.4 Å². The number of pyridine rings is 3. The van der Waals surface area contributed by atoms with Crippen LogP contribution in [0.4, 0.5) is 0 Å². The average molecular weight is 1530 g/mol. The van der Waals surface area contributed by atoms with Crippen molar-refractivity contribution in [3.05, 3.63) is 323 Å². The van der Waals surface area contributed by atoms with E-state index in [9.17, 15) is 38.4 Å². The molecule has 25 nitrogen and oxygen atoms in total. The van der Waals surface area contributed by atoms with Crippen LogP contribution in [0, 0.1) is 27.7 Å². The Balaban J connectivity index is 0.000000159. The normalized spacial score (nSPS) is 10.1. The Morgan fingerprint density at radius 3 is 0.945 bits per heavy atom. The van der Waals surface area contributed by atoms with Gasteiger partial charge in [-0.25, -0.2) is 44.1 Å². The van der Waals surface area contributed by atoms with Crippen molar-refractivity contribution >= 4 is 136 Å². The monoisotopic (exact) mass is 1530 g/mol. The molecular formula is C80H71N13O12S4. The third kappa shape index (κ3) is 22.4. The number of methoxy groups -OCH3 is 4. The van der Waals surface area contributed by atoms with Gasteiger partial charge in [0.25, 0.3) is 0 Å². The van der Waals surface area contributed by atoms with Crippen molar-refractivity contribution in [3.8, 4) is 0 Å². The number of nitrogens with zero attached hydrogens (tertiary/aromatic N) is 9. The SMILES string of the molecule is C.COC(=O)c1csc(C)n1.COC(=O)c1csc(C)n1.COC(=O)c1csc(C)n1.COC(=O)c1csc(C)n1.O=C(c1ccccn1)c1c[nH]c2ccccc12.O=C(c1cccnc1)c1c[nH]c2ccccc12.O=C(c1ccncc1)c1c[nH]c2ccccc12.O=C(c1cnccn1)c1c[nH]c2ccccc12. The van der Waals surface area contributed by atoms with Gasteiger partial charge in [0.2, 0.25) is 11.6 Å². The van der Waals surface area contributed by atoms with Crippen LogP contribution in [-0.4, -0.2) is 140 Å². The van der Waals surface area contributed by atoms with Crippen molar-refractivity contribution in [2.75, 3.05) is 28.4 Å². The molecule has 552 valence electrons. The lowest BCUT2D eigenvalue weighted by molar-refractivity contribution is 0.0586. The first-order chi connectivity index (χ1) is 52.4. The predicted octanol–water partition coefficient (Wildman–Crippen LogP) is 16.2. The van der Waals surface area contributed by atoms with Crippen LogP contribution in [0.25, 0.3) is 43.6 Å². The third-order valence-electron chi connectivity index (χ3n) is 14.9.